The zero-order valence-corrected chi connectivity index (χ0v) is 4.90. The molecule has 1 aliphatic heterocycles. The number of carbonyl (C=O) groups is 1. The number of carbonyl (C=O) groups excluding carboxylic acids is 1. The topological polar surface area (TPSA) is 53.5 Å². The van der Waals surface area contributed by atoms with E-state index in [9.17, 15) is 4.79 Å². The van der Waals surface area contributed by atoms with E-state index in [0.717, 1.165) is 0 Å². The van der Waals surface area contributed by atoms with E-state index in [1.54, 1.807) is 0 Å². The lowest BCUT2D eigenvalue weighted by Gasteiger charge is -2.08. The summed E-state index contributed by atoms with van der Waals surface area (Å²) in [7, 11) is 0. The molecule has 0 radical (unpaired) electrons. The molecule has 2 N–H and O–H groups in total. The van der Waals surface area contributed by atoms with Gasteiger partial charge in [-0.15, -0.1) is 12.6 Å². The van der Waals surface area contributed by atoms with Crippen LogP contribution < -0.4 is 10.7 Å². The van der Waals surface area contributed by atoms with Gasteiger partial charge in [0.1, 0.15) is 6.67 Å². The van der Waals surface area contributed by atoms with E-state index in [0.29, 0.717) is 6.67 Å². The number of nitrogens with one attached hydrogen (secondary N) is 2. The maximum atomic E-state index is 10.4. The van der Waals surface area contributed by atoms with E-state index in [1.807, 2.05) is 0 Å². The molecule has 0 saturated heterocycles. The molecule has 0 bridgehead atoms. The van der Waals surface area contributed by atoms with Crippen molar-refractivity contribution >= 4 is 23.6 Å². The lowest BCUT2D eigenvalue weighted by molar-refractivity contribution is -0.115. The third kappa shape index (κ3) is 0.919. The van der Waals surface area contributed by atoms with Gasteiger partial charge >= 0.3 is 0 Å². The van der Waals surface area contributed by atoms with Crippen LogP contribution in [0.5, 0.6) is 0 Å². The van der Waals surface area contributed by atoms with Gasteiger partial charge in [0.2, 0.25) is 0 Å². The van der Waals surface area contributed by atoms with Gasteiger partial charge in [-0.05, 0) is 0 Å². The van der Waals surface area contributed by atoms with Crippen LogP contribution in [0.3, 0.4) is 0 Å². The fraction of sp³-hybridized carbons (Fsp3) is 0.333. The third-order valence-electron chi connectivity index (χ3n) is 0.716. The van der Waals surface area contributed by atoms with Crippen LogP contribution in [0.25, 0.3) is 0 Å². The summed E-state index contributed by atoms with van der Waals surface area (Å²) in [5, 5.41) is 6.18. The summed E-state index contributed by atoms with van der Waals surface area (Å²) in [5.74, 6) is -0.230. The minimum Gasteiger partial charge on any atom is -0.331 e. The maximum Gasteiger partial charge on any atom is 0.279 e. The molecule has 1 rings (SSSR count). The highest BCUT2D eigenvalue weighted by Gasteiger charge is 2.08. The van der Waals surface area contributed by atoms with Crippen LogP contribution in [-0.4, -0.2) is 17.6 Å². The van der Waals surface area contributed by atoms with E-state index in [2.05, 4.69) is 28.5 Å². The minimum absolute atomic E-state index is 0.177. The number of hydrogen-bond acceptors (Lipinski definition) is 3. The summed E-state index contributed by atoms with van der Waals surface area (Å²) in [5.41, 5.74) is 2.54. The van der Waals surface area contributed by atoms with Gasteiger partial charge in [0.25, 0.3) is 5.91 Å². The summed E-state index contributed by atoms with van der Waals surface area (Å²) in [6.07, 6.45) is 0. The number of thiol groups is 1. The molecule has 5 heteroatoms. The second kappa shape index (κ2) is 2.04. The Morgan fingerprint density at radius 3 is 2.88 bits per heavy atom. The van der Waals surface area contributed by atoms with Gasteiger partial charge in [0, 0.05) is 0 Å². The minimum atomic E-state index is -0.230. The molecular formula is C3H5N3OS. The van der Waals surface area contributed by atoms with Gasteiger partial charge in [-0.3, -0.25) is 10.2 Å². The van der Waals surface area contributed by atoms with Gasteiger partial charge in [0.05, 0.1) is 0 Å². The normalized spacial score (nSPS) is 18.6. The molecule has 0 aromatic rings. The first-order chi connectivity index (χ1) is 3.80. The van der Waals surface area contributed by atoms with E-state index in [1.165, 1.54) is 0 Å². The number of amides is 1. The van der Waals surface area contributed by atoms with Crippen LogP contribution in [0.4, 0.5) is 0 Å². The van der Waals surface area contributed by atoms with Gasteiger partial charge in [0.15, 0.2) is 5.04 Å². The second-order valence-corrected chi connectivity index (χ2v) is 1.70. The summed E-state index contributed by atoms with van der Waals surface area (Å²) >= 11 is 3.73. The molecule has 1 amide bonds. The zero-order valence-electron chi connectivity index (χ0n) is 4.01. The Morgan fingerprint density at radius 1 is 1.75 bits per heavy atom. The largest absolute Gasteiger partial charge is 0.331 e. The Hall–Kier alpha value is -0.710. The van der Waals surface area contributed by atoms with Crippen molar-refractivity contribution in [1.82, 2.24) is 10.7 Å². The van der Waals surface area contributed by atoms with Crippen molar-refractivity contribution < 1.29 is 4.79 Å². The summed E-state index contributed by atoms with van der Waals surface area (Å²) < 4.78 is 0. The Balaban J connectivity index is 2.67. The number of hydrogen-bond donors (Lipinski definition) is 3. The van der Waals surface area contributed by atoms with E-state index >= 15 is 0 Å². The van der Waals surface area contributed by atoms with Gasteiger partial charge in [-0.1, -0.05) is 0 Å². The number of hydrazone groups is 1. The zero-order chi connectivity index (χ0) is 5.98. The molecule has 0 saturated carbocycles. The number of nitrogens with zero attached hydrogens (tertiary/aromatic N) is 1. The van der Waals surface area contributed by atoms with Crippen molar-refractivity contribution in [2.24, 2.45) is 5.10 Å². The molecule has 8 heavy (non-hydrogen) atoms. The van der Waals surface area contributed by atoms with Crippen molar-refractivity contribution in [2.75, 3.05) is 6.67 Å². The van der Waals surface area contributed by atoms with Gasteiger partial charge < -0.3 is 5.32 Å². The Bertz CT molecular complexity index is 143. The van der Waals surface area contributed by atoms with Crippen molar-refractivity contribution in [3.63, 3.8) is 0 Å². The molecule has 4 nitrogen and oxygen atoms in total. The molecule has 0 spiro atoms. The van der Waals surface area contributed by atoms with Crippen LogP contribution in [0.15, 0.2) is 5.10 Å². The molecular weight excluding hydrogens is 126 g/mol. The van der Waals surface area contributed by atoms with Crippen LogP contribution in [-0.2, 0) is 4.79 Å². The monoisotopic (exact) mass is 131 g/mol. The average molecular weight is 131 g/mol. The molecule has 0 aliphatic carbocycles. The highest BCUT2D eigenvalue weighted by Crippen LogP contribution is 1.85. The molecule has 0 aromatic heterocycles. The Labute approximate surface area is 51.7 Å². The quantitative estimate of drug-likeness (QED) is 0.366. The first-order valence-corrected chi connectivity index (χ1v) is 2.53. The van der Waals surface area contributed by atoms with Crippen LogP contribution in [0.2, 0.25) is 0 Å². The molecule has 0 unspecified atom stereocenters. The lowest BCUT2D eigenvalue weighted by Crippen LogP contribution is -2.40. The lowest BCUT2D eigenvalue weighted by atomic mass is 10.6. The second-order valence-electron chi connectivity index (χ2n) is 1.28. The van der Waals surface area contributed by atoms with Gasteiger partial charge in [-0.2, -0.15) is 5.10 Å². The van der Waals surface area contributed by atoms with E-state index in [-0.39, 0.29) is 11.0 Å². The average Bonchev–Trinajstić information content (AvgIpc) is 1.77. The van der Waals surface area contributed by atoms with E-state index in [4.69, 9.17) is 0 Å². The van der Waals surface area contributed by atoms with Crippen LogP contribution >= 0.6 is 12.6 Å². The molecule has 0 atom stereocenters. The highest BCUT2D eigenvalue weighted by molar-refractivity contribution is 7.99. The predicted octanol–water partition coefficient (Wildman–Crippen LogP) is -1.09. The molecule has 0 aromatic carbocycles. The Kier molecular flexibility index (Phi) is 1.38. The summed E-state index contributed by atoms with van der Waals surface area (Å²) in [6, 6.07) is 0. The van der Waals surface area contributed by atoms with Crippen molar-refractivity contribution in [3.8, 4) is 0 Å². The van der Waals surface area contributed by atoms with E-state index < -0.39 is 0 Å². The predicted molar refractivity (Wildman–Crippen MR) is 32.6 cm³/mol. The summed E-state index contributed by atoms with van der Waals surface area (Å²) in [4.78, 5) is 10.4. The Morgan fingerprint density at radius 2 is 2.50 bits per heavy atom. The first-order valence-electron chi connectivity index (χ1n) is 2.08. The smallest absolute Gasteiger partial charge is 0.279 e. The van der Waals surface area contributed by atoms with Crippen LogP contribution in [0, 0.1) is 0 Å². The maximum absolute atomic E-state index is 10.4. The van der Waals surface area contributed by atoms with Crippen LogP contribution in [0.1, 0.15) is 0 Å². The van der Waals surface area contributed by atoms with Crippen molar-refractivity contribution in [3.05, 3.63) is 0 Å². The SMILES string of the molecule is O=C1NCNN=C1S. The highest BCUT2D eigenvalue weighted by atomic mass is 32.1. The fourth-order valence-electron chi connectivity index (χ4n) is 0.364. The molecule has 1 heterocycles. The molecule has 0 fully saturated rings. The van der Waals surface area contributed by atoms with Gasteiger partial charge in [-0.25, -0.2) is 0 Å². The standard InChI is InChI=1S/C3H5N3OS/c7-2-3(8)6-5-1-4-2/h5H,1H2,(H,4,7)(H,6,8). The summed E-state index contributed by atoms with van der Waals surface area (Å²) in [6.45, 7) is 0.392. The first kappa shape index (κ1) is 5.43. The molecule has 44 valence electrons. The third-order valence-corrected chi connectivity index (χ3v) is 1.02. The number of rotatable bonds is 0. The van der Waals surface area contributed by atoms with Crippen molar-refractivity contribution in [2.45, 2.75) is 0 Å². The van der Waals surface area contributed by atoms with Crippen molar-refractivity contribution in [1.29, 1.82) is 0 Å². The fourth-order valence-corrected chi connectivity index (χ4v) is 0.514. The molecule has 1 aliphatic rings.